The lowest BCUT2D eigenvalue weighted by Crippen LogP contribution is -2.35. The molecule has 0 unspecified atom stereocenters. The molecule has 112 valence electrons. The normalized spacial score (nSPS) is 11.0. The van der Waals surface area contributed by atoms with Crippen LogP contribution in [0.1, 0.15) is 6.92 Å². The quantitative estimate of drug-likeness (QED) is 0.477. The van der Waals surface area contributed by atoms with Crippen LogP contribution >= 0.6 is 11.9 Å². The molecule has 2 N–H and O–H groups in total. The molecule has 0 saturated heterocycles. The summed E-state index contributed by atoms with van der Waals surface area (Å²) in [6.07, 6.45) is 0. The van der Waals surface area contributed by atoms with E-state index in [2.05, 4.69) is 5.32 Å². The third kappa shape index (κ3) is 3.03. The fourth-order valence-corrected chi connectivity index (χ4v) is 2.52. The first-order valence-electron chi connectivity index (χ1n) is 6.36. The molecule has 2 rings (SSSR count). The van der Waals surface area contributed by atoms with E-state index in [0.29, 0.717) is 17.2 Å². The Hall–Kier alpha value is -1.99. The molecular weight excluding hydrogens is 292 g/mol. The van der Waals surface area contributed by atoms with E-state index in [9.17, 15) is 14.7 Å². The first-order valence-corrected chi connectivity index (χ1v) is 7.13. The molecule has 0 aromatic heterocycles. The Morgan fingerprint density at radius 2 is 2.00 bits per heavy atom. The lowest BCUT2D eigenvalue weighted by Gasteiger charge is -2.16. The predicted molar refractivity (Wildman–Crippen MR) is 83.5 cm³/mol. The molecule has 0 heterocycles. The third-order valence-corrected chi connectivity index (χ3v) is 3.59. The fourth-order valence-electron chi connectivity index (χ4n) is 1.79. The number of phenols is 1. The highest BCUT2D eigenvalue weighted by Crippen LogP contribution is 2.37. The average molecular weight is 308 g/mol. The highest BCUT2D eigenvalue weighted by atomic mass is 32.2. The Labute approximate surface area is 126 Å². The van der Waals surface area contributed by atoms with E-state index in [1.807, 2.05) is 18.4 Å². The summed E-state index contributed by atoms with van der Waals surface area (Å²) in [4.78, 5) is 23.6. The number of para-hydroxylation sites is 1. The van der Waals surface area contributed by atoms with Crippen LogP contribution in [0.15, 0.2) is 32.7 Å². The first-order chi connectivity index (χ1) is 9.95. The van der Waals surface area contributed by atoms with E-state index in [1.54, 1.807) is 25.1 Å². The van der Waals surface area contributed by atoms with Crippen LogP contribution in [0.3, 0.4) is 0 Å². The number of rotatable bonds is 6. The molecule has 0 radical (unpaired) electrons. The standard InChI is InChI=1S/C14H16N2O4S/c1-4-20-14-10(12(18)13(14)19)15-8-6-5-7-9(11(8)17)21-16(2)3/h5-7,15,17H,4H2,1-3H3. The summed E-state index contributed by atoms with van der Waals surface area (Å²) in [7, 11) is 3.71. The second-order valence-corrected chi connectivity index (χ2v) is 5.83. The number of phenolic OH excluding ortho intramolecular Hbond substituents is 1. The van der Waals surface area contributed by atoms with Crippen LogP contribution in [0.4, 0.5) is 11.4 Å². The van der Waals surface area contributed by atoms with Gasteiger partial charge in [-0.2, -0.15) is 0 Å². The van der Waals surface area contributed by atoms with Gasteiger partial charge in [0.1, 0.15) is 5.69 Å². The maximum absolute atomic E-state index is 11.6. The van der Waals surface area contributed by atoms with Crippen LogP contribution in [0.25, 0.3) is 0 Å². The van der Waals surface area contributed by atoms with Gasteiger partial charge < -0.3 is 15.2 Å². The van der Waals surface area contributed by atoms with Crippen molar-refractivity contribution in [3.8, 4) is 11.5 Å². The van der Waals surface area contributed by atoms with Gasteiger partial charge in [0.25, 0.3) is 10.9 Å². The topological polar surface area (TPSA) is 78.9 Å². The maximum atomic E-state index is 11.6. The number of benzene rings is 1. The van der Waals surface area contributed by atoms with Crippen molar-refractivity contribution in [1.29, 1.82) is 0 Å². The monoisotopic (exact) mass is 308 g/mol. The number of aromatic hydroxyl groups is 1. The van der Waals surface area contributed by atoms with Gasteiger partial charge in [-0.05, 0) is 45.1 Å². The lowest BCUT2D eigenvalue weighted by atomic mass is 10.2. The molecule has 0 saturated carbocycles. The zero-order chi connectivity index (χ0) is 15.6. The molecule has 0 fully saturated rings. The molecule has 0 aliphatic rings. The second-order valence-electron chi connectivity index (χ2n) is 4.48. The fraction of sp³-hybridized carbons (Fsp3) is 0.286. The van der Waals surface area contributed by atoms with Gasteiger partial charge in [0.15, 0.2) is 11.5 Å². The molecule has 0 spiro atoms. The Morgan fingerprint density at radius 1 is 1.29 bits per heavy atom. The van der Waals surface area contributed by atoms with Crippen molar-refractivity contribution in [2.45, 2.75) is 11.8 Å². The van der Waals surface area contributed by atoms with Crippen molar-refractivity contribution in [2.24, 2.45) is 0 Å². The molecule has 21 heavy (non-hydrogen) atoms. The van der Waals surface area contributed by atoms with Crippen molar-refractivity contribution in [1.82, 2.24) is 4.31 Å². The molecule has 0 bridgehead atoms. The summed E-state index contributed by atoms with van der Waals surface area (Å²) in [5, 5.41) is 13.0. The highest BCUT2D eigenvalue weighted by molar-refractivity contribution is 7.97. The minimum Gasteiger partial charge on any atom is -0.505 e. The third-order valence-electron chi connectivity index (χ3n) is 2.69. The van der Waals surface area contributed by atoms with Gasteiger partial charge in [0.05, 0.1) is 17.2 Å². The van der Waals surface area contributed by atoms with Crippen LogP contribution in [-0.2, 0) is 0 Å². The molecular formula is C14H16N2O4S. The summed E-state index contributed by atoms with van der Waals surface area (Å²) in [5.74, 6) is 0.0410. The number of hydrogen-bond donors (Lipinski definition) is 2. The Bertz CT molecular complexity index is 720. The average Bonchev–Trinajstić information content (AvgIpc) is 2.45. The van der Waals surface area contributed by atoms with Crippen LogP contribution in [0.5, 0.6) is 11.5 Å². The van der Waals surface area contributed by atoms with Crippen molar-refractivity contribution < 1.29 is 9.84 Å². The summed E-state index contributed by atoms with van der Waals surface area (Å²) in [6, 6.07) is 5.14. The van der Waals surface area contributed by atoms with Crippen molar-refractivity contribution in [3.63, 3.8) is 0 Å². The van der Waals surface area contributed by atoms with Crippen LogP contribution in [-0.4, -0.2) is 30.1 Å². The highest BCUT2D eigenvalue weighted by Gasteiger charge is 2.23. The molecule has 2 aromatic rings. The first kappa shape index (κ1) is 15.4. The van der Waals surface area contributed by atoms with E-state index in [1.165, 1.54) is 11.9 Å². The second kappa shape index (κ2) is 6.19. The largest absolute Gasteiger partial charge is 0.505 e. The predicted octanol–water partition coefficient (Wildman–Crippen LogP) is 1.70. The smallest absolute Gasteiger partial charge is 0.272 e. The van der Waals surface area contributed by atoms with Crippen molar-refractivity contribution in [2.75, 3.05) is 26.0 Å². The Balaban J connectivity index is 2.31. The van der Waals surface area contributed by atoms with Crippen molar-refractivity contribution >= 4 is 23.3 Å². The molecule has 2 aromatic carbocycles. The number of ether oxygens (including phenoxy) is 1. The molecule has 0 aliphatic heterocycles. The number of nitrogens with one attached hydrogen (secondary N) is 1. The van der Waals surface area contributed by atoms with E-state index < -0.39 is 10.9 Å². The maximum Gasteiger partial charge on any atom is 0.272 e. The van der Waals surface area contributed by atoms with E-state index >= 15 is 0 Å². The van der Waals surface area contributed by atoms with Crippen molar-refractivity contribution in [3.05, 3.63) is 38.6 Å². The number of nitrogens with zero attached hydrogens (tertiary/aromatic N) is 1. The van der Waals surface area contributed by atoms with E-state index in [4.69, 9.17) is 4.74 Å². The van der Waals surface area contributed by atoms with Gasteiger partial charge in [0.2, 0.25) is 0 Å². The number of hydrogen-bond acceptors (Lipinski definition) is 7. The summed E-state index contributed by atoms with van der Waals surface area (Å²) in [6.45, 7) is 2.02. The van der Waals surface area contributed by atoms with Crippen LogP contribution in [0, 0.1) is 0 Å². The van der Waals surface area contributed by atoms with E-state index in [0.717, 1.165) is 0 Å². The van der Waals surface area contributed by atoms with Gasteiger partial charge in [0, 0.05) is 0 Å². The Kier molecular flexibility index (Phi) is 4.54. The molecule has 7 heteroatoms. The van der Waals surface area contributed by atoms with Gasteiger partial charge in [-0.15, -0.1) is 0 Å². The van der Waals surface area contributed by atoms with Crippen LogP contribution in [0.2, 0.25) is 0 Å². The SMILES string of the molecule is CCOc1c(Nc2cccc(SN(C)C)c2O)c(=O)c1=O. The minimum absolute atomic E-state index is 0.0201. The minimum atomic E-state index is -0.641. The zero-order valence-corrected chi connectivity index (χ0v) is 12.8. The number of anilines is 2. The van der Waals surface area contributed by atoms with Gasteiger partial charge >= 0.3 is 0 Å². The summed E-state index contributed by atoms with van der Waals surface area (Å²) < 4.78 is 6.97. The zero-order valence-electron chi connectivity index (χ0n) is 12.0. The molecule has 0 aliphatic carbocycles. The Morgan fingerprint density at radius 3 is 2.62 bits per heavy atom. The molecule has 6 nitrogen and oxygen atoms in total. The van der Waals surface area contributed by atoms with Gasteiger partial charge in [-0.3, -0.25) is 13.9 Å². The molecule has 0 atom stereocenters. The van der Waals surface area contributed by atoms with Gasteiger partial charge in [-0.25, -0.2) is 0 Å². The van der Waals surface area contributed by atoms with Crippen LogP contribution < -0.4 is 20.9 Å². The molecule has 0 amide bonds. The lowest BCUT2D eigenvalue weighted by molar-refractivity contribution is 0.335. The van der Waals surface area contributed by atoms with E-state index in [-0.39, 0.29) is 17.2 Å². The summed E-state index contributed by atoms with van der Waals surface area (Å²) >= 11 is 1.35. The summed E-state index contributed by atoms with van der Waals surface area (Å²) in [5.41, 5.74) is -0.833. The van der Waals surface area contributed by atoms with Gasteiger partial charge in [-0.1, -0.05) is 6.07 Å².